The van der Waals surface area contributed by atoms with Gasteiger partial charge in [0.05, 0.1) is 12.5 Å². The molecule has 15 heavy (non-hydrogen) atoms. The molecule has 0 radical (unpaired) electrons. The molecule has 2 amide bonds. The Morgan fingerprint density at radius 1 is 1.27 bits per heavy atom. The van der Waals surface area contributed by atoms with Crippen LogP contribution in [-0.4, -0.2) is 23.9 Å². The molecule has 1 aliphatic heterocycles. The van der Waals surface area contributed by atoms with E-state index < -0.39 is 0 Å². The third-order valence-corrected chi connectivity index (χ3v) is 3.50. The van der Waals surface area contributed by atoms with Crippen molar-refractivity contribution >= 4 is 11.8 Å². The van der Waals surface area contributed by atoms with Crippen LogP contribution in [0.5, 0.6) is 0 Å². The third-order valence-electron chi connectivity index (χ3n) is 3.50. The van der Waals surface area contributed by atoms with Gasteiger partial charge in [-0.05, 0) is 18.8 Å². The van der Waals surface area contributed by atoms with Gasteiger partial charge < -0.3 is 5.32 Å². The van der Waals surface area contributed by atoms with Gasteiger partial charge in [-0.3, -0.25) is 14.9 Å². The summed E-state index contributed by atoms with van der Waals surface area (Å²) in [5.74, 6) is 0.306. The number of amides is 2. The summed E-state index contributed by atoms with van der Waals surface area (Å²) in [5.41, 5.74) is 0. The van der Waals surface area contributed by atoms with E-state index in [1.807, 2.05) is 0 Å². The van der Waals surface area contributed by atoms with Crippen LogP contribution in [0.3, 0.4) is 0 Å². The maximum Gasteiger partial charge on any atom is 0.244 e. The average molecular weight is 210 g/mol. The molecule has 4 heteroatoms. The molecule has 1 saturated carbocycles. The van der Waals surface area contributed by atoms with Crippen molar-refractivity contribution < 1.29 is 9.59 Å². The molecule has 2 rings (SSSR count). The van der Waals surface area contributed by atoms with Crippen LogP contribution in [0.15, 0.2) is 0 Å². The summed E-state index contributed by atoms with van der Waals surface area (Å²) in [5, 5.41) is 5.65. The van der Waals surface area contributed by atoms with Crippen molar-refractivity contribution in [1.82, 2.24) is 10.6 Å². The van der Waals surface area contributed by atoms with Gasteiger partial charge in [0, 0.05) is 6.04 Å². The maximum absolute atomic E-state index is 11.4. The molecule has 1 saturated heterocycles. The average Bonchev–Trinajstić information content (AvgIpc) is 2.49. The summed E-state index contributed by atoms with van der Waals surface area (Å²) in [4.78, 5) is 22.4. The van der Waals surface area contributed by atoms with Gasteiger partial charge in [-0.1, -0.05) is 19.8 Å². The minimum absolute atomic E-state index is 0.152. The summed E-state index contributed by atoms with van der Waals surface area (Å²) in [7, 11) is 0. The standard InChI is InChI=1S/C11H18N2O2/c1-7-4-2-3-5-8(7)12-9-6-10(14)13-11(9)15/h7-9,12H,2-6H2,1H3,(H,13,14,15). The molecule has 84 valence electrons. The van der Waals surface area contributed by atoms with Crippen LogP contribution >= 0.6 is 0 Å². The lowest BCUT2D eigenvalue weighted by molar-refractivity contribution is -0.125. The van der Waals surface area contributed by atoms with Crippen molar-refractivity contribution in [2.24, 2.45) is 5.92 Å². The van der Waals surface area contributed by atoms with E-state index in [9.17, 15) is 9.59 Å². The Labute approximate surface area is 89.8 Å². The Hall–Kier alpha value is -0.900. The Kier molecular flexibility index (Phi) is 3.05. The van der Waals surface area contributed by atoms with E-state index in [0.29, 0.717) is 18.4 Å². The molecule has 2 fully saturated rings. The third kappa shape index (κ3) is 2.37. The van der Waals surface area contributed by atoms with Crippen LogP contribution in [0.2, 0.25) is 0 Å². The van der Waals surface area contributed by atoms with E-state index in [-0.39, 0.29) is 17.9 Å². The number of carbonyl (C=O) groups excluding carboxylic acids is 2. The molecule has 0 aromatic heterocycles. The quantitative estimate of drug-likeness (QED) is 0.655. The Bertz CT molecular complexity index is 278. The van der Waals surface area contributed by atoms with E-state index in [1.165, 1.54) is 19.3 Å². The summed E-state index contributed by atoms with van der Waals surface area (Å²) >= 11 is 0. The second-order valence-electron chi connectivity index (χ2n) is 4.70. The molecule has 0 aromatic carbocycles. The summed E-state index contributed by atoms with van der Waals surface area (Å²) in [6, 6.07) is 0.114. The molecular weight excluding hydrogens is 192 g/mol. The Morgan fingerprint density at radius 2 is 2.00 bits per heavy atom. The molecule has 0 spiro atoms. The first-order valence-corrected chi connectivity index (χ1v) is 5.76. The summed E-state index contributed by atoms with van der Waals surface area (Å²) in [6.45, 7) is 2.21. The number of imide groups is 1. The highest BCUT2D eigenvalue weighted by atomic mass is 16.2. The topological polar surface area (TPSA) is 58.2 Å². The first kappa shape index (κ1) is 10.6. The summed E-state index contributed by atoms with van der Waals surface area (Å²) in [6.07, 6.45) is 5.17. The van der Waals surface area contributed by atoms with Gasteiger partial charge in [0.2, 0.25) is 11.8 Å². The molecule has 3 atom stereocenters. The van der Waals surface area contributed by atoms with Gasteiger partial charge >= 0.3 is 0 Å². The zero-order chi connectivity index (χ0) is 10.8. The van der Waals surface area contributed by atoms with Gasteiger partial charge in [-0.15, -0.1) is 0 Å². The van der Waals surface area contributed by atoms with Crippen LogP contribution < -0.4 is 10.6 Å². The largest absolute Gasteiger partial charge is 0.302 e. The number of carbonyl (C=O) groups is 2. The normalized spacial score (nSPS) is 36.7. The van der Waals surface area contributed by atoms with E-state index in [0.717, 1.165) is 6.42 Å². The van der Waals surface area contributed by atoms with Crippen molar-refractivity contribution in [2.75, 3.05) is 0 Å². The molecule has 4 nitrogen and oxygen atoms in total. The van der Waals surface area contributed by atoms with E-state index in [1.54, 1.807) is 0 Å². The van der Waals surface area contributed by atoms with Crippen molar-refractivity contribution in [1.29, 1.82) is 0 Å². The van der Waals surface area contributed by atoms with Crippen LogP contribution in [0.4, 0.5) is 0 Å². The fourth-order valence-electron chi connectivity index (χ4n) is 2.51. The molecule has 0 bridgehead atoms. The minimum Gasteiger partial charge on any atom is -0.302 e. The monoisotopic (exact) mass is 210 g/mol. The first-order chi connectivity index (χ1) is 7.16. The fraction of sp³-hybridized carbons (Fsp3) is 0.818. The van der Waals surface area contributed by atoms with E-state index in [4.69, 9.17) is 0 Å². The zero-order valence-electron chi connectivity index (χ0n) is 9.08. The highest BCUT2D eigenvalue weighted by molar-refractivity contribution is 6.05. The smallest absolute Gasteiger partial charge is 0.244 e. The molecule has 0 aromatic rings. The second kappa shape index (κ2) is 4.31. The molecule has 2 N–H and O–H groups in total. The zero-order valence-corrected chi connectivity index (χ0v) is 9.08. The van der Waals surface area contributed by atoms with E-state index in [2.05, 4.69) is 17.6 Å². The predicted octanol–water partition coefficient (Wildman–Crippen LogP) is 0.570. The van der Waals surface area contributed by atoms with Crippen molar-refractivity contribution in [3.63, 3.8) is 0 Å². The molecule has 3 unspecified atom stereocenters. The molecule has 2 aliphatic rings. The van der Waals surface area contributed by atoms with Gasteiger partial charge in [0.25, 0.3) is 0 Å². The predicted molar refractivity (Wildman–Crippen MR) is 56.1 cm³/mol. The lowest BCUT2D eigenvalue weighted by Gasteiger charge is -2.31. The van der Waals surface area contributed by atoms with Crippen LogP contribution in [0, 0.1) is 5.92 Å². The van der Waals surface area contributed by atoms with Gasteiger partial charge in [0.15, 0.2) is 0 Å². The molecule has 1 aliphatic carbocycles. The van der Waals surface area contributed by atoms with E-state index >= 15 is 0 Å². The summed E-state index contributed by atoms with van der Waals surface area (Å²) < 4.78 is 0. The maximum atomic E-state index is 11.4. The molecule has 1 heterocycles. The van der Waals surface area contributed by atoms with Crippen LogP contribution in [0.1, 0.15) is 39.0 Å². The Balaban J connectivity index is 1.90. The van der Waals surface area contributed by atoms with Gasteiger partial charge in [-0.2, -0.15) is 0 Å². The van der Waals surface area contributed by atoms with Gasteiger partial charge in [0.1, 0.15) is 0 Å². The fourth-order valence-corrected chi connectivity index (χ4v) is 2.51. The van der Waals surface area contributed by atoms with Gasteiger partial charge in [-0.25, -0.2) is 0 Å². The lowest BCUT2D eigenvalue weighted by Crippen LogP contribution is -2.46. The van der Waals surface area contributed by atoms with Crippen LogP contribution in [0.25, 0.3) is 0 Å². The number of nitrogens with one attached hydrogen (secondary N) is 2. The van der Waals surface area contributed by atoms with Crippen LogP contribution in [-0.2, 0) is 9.59 Å². The van der Waals surface area contributed by atoms with Crippen molar-refractivity contribution in [2.45, 2.75) is 51.1 Å². The number of rotatable bonds is 2. The highest BCUT2D eigenvalue weighted by Gasteiger charge is 2.33. The number of hydrogen-bond donors (Lipinski definition) is 2. The highest BCUT2D eigenvalue weighted by Crippen LogP contribution is 2.24. The Morgan fingerprint density at radius 3 is 2.60 bits per heavy atom. The SMILES string of the molecule is CC1CCCCC1NC1CC(=O)NC1=O. The lowest BCUT2D eigenvalue weighted by atomic mass is 9.85. The second-order valence-corrected chi connectivity index (χ2v) is 4.70. The minimum atomic E-state index is -0.289. The number of hydrogen-bond acceptors (Lipinski definition) is 3. The molecular formula is C11H18N2O2. The first-order valence-electron chi connectivity index (χ1n) is 5.76. The van der Waals surface area contributed by atoms with Crippen molar-refractivity contribution in [3.8, 4) is 0 Å². The van der Waals surface area contributed by atoms with Crippen molar-refractivity contribution in [3.05, 3.63) is 0 Å².